The van der Waals surface area contributed by atoms with Gasteiger partial charge < -0.3 is 13.7 Å². The van der Waals surface area contributed by atoms with Gasteiger partial charge in [0.05, 0.1) is 19.4 Å². The summed E-state index contributed by atoms with van der Waals surface area (Å²) < 4.78 is 10.9. The molecule has 2 aromatic heterocycles. The van der Waals surface area contributed by atoms with E-state index >= 15 is 0 Å². The molecule has 1 amide bonds. The molecule has 0 aliphatic carbocycles. The van der Waals surface area contributed by atoms with Gasteiger partial charge in [0, 0.05) is 39.3 Å². The average molecular weight is 347 g/mol. The first-order chi connectivity index (χ1) is 12.2. The van der Waals surface area contributed by atoms with E-state index in [1.54, 1.807) is 18.4 Å². The highest BCUT2D eigenvalue weighted by Gasteiger charge is 2.22. The molecule has 0 radical (unpaired) electrons. The van der Waals surface area contributed by atoms with Crippen LogP contribution in [0.4, 0.5) is 0 Å². The molecule has 1 aliphatic heterocycles. The summed E-state index contributed by atoms with van der Waals surface area (Å²) in [6.07, 6.45) is 1.58. The van der Waals surface area contributed by atoms with Crippen LogP contribution >= 0.6 is 0 Å². The van der Waals surface area contributed by atoms with Gasteiger partial charge in [-0.3, -0.25) is 14.6 Å². The van der Waals surface area contributed by atoms with E-state index in [-0.39, 0.29) is 5.91 Å². The third kappa shape index (κ3) is 4.46. The topological polar surface area (TPSA) is 78.9 Å². The van der Waals surface area contributed by atoms with Crippen molar-refractivity contribution in [1.82, 2.24) is 24.9 Å². The van der Waals surface area contributed by atoms with Crippen molar-refractivity contribution < 1.29 is 13.6 Å². The lowest BCUT2D eigenvalue weighted by molar-refractivity contribution is -0.132. The lowest BCUT2D eigenvalue weighted by Gasteiger charge is -2.34. The third-order valence-corrected chi connectivity index (χ3v) is 4.50. The summed E-state index contributed by atoms with van der Waals surface area (Å²) in [5, 5.41) is 8.11. The molecule has 8 nitrogen and oxygen atoms in total. The van der Waals surface area contributed by atoms with Crippen molar-refractivity contribution in [2.45, 2.75) is 20.4 Å². The minimum absolute atomic E-state index is 0.207. The smallest absolute Gasteiger partial charge is 0.283 e. The van der Waals surface area contributed by atoms with E-state index in [2.05, 4.69) is 20.0 Å². The Hall–Kier alpha value is -2.19. The SMILES string of the molecule is CCN(CC)C(=O)CN1CCN(Cc2nnc(-c3ccco3)o2)CC1. The summed E-state index contributed by atoms with van der Waals surface area (Å²) >= 11 is 0. The molecule has 25 heavy (non-hydrogen) atoms. The maximum absolute atomic E-state index is 12.2. The maximum atomic E-state index is 12.2. The van der Waals surface area contributed by atoms with E-state index in [0.29, 0.717) is 30.6 Å². The molecule has 1 fully saturated rings. The summed E-state index contributed by atoms with van der Waals surface area (Å²) in [4.78, 5) is 18.5. The van der Waals surface area contributed by atoms with Crippen LogP contribution in [0.1, 0.15) is 19.7 Å². The van der Waals surface area contributed by atoms with Gasteiger partial charge in [-0.05, 0) is 26.0 Å². The van der Waals surface area contributed by atoms with Gasteiger partial charge in [-0.2, -0.15) is 0 Å². The first-order valence-corrected chi connectivity index (χ1v) is 8.78. The summed E-state index contributed by atoms with van der Waals surface area (Å²) in [6, 6.07) is 3.58. The van der Waals surface area contributed by atoms with Crippen LogP contribution in [0.2, 0.25) is 0 Å². The number of amides is 1. The molecule has 2 aromatic rings. The number of hydrogen-bond donors (Lipinski definition) is 0. The van der Waals surface area contributed by atoms with Crippen molar-refractivity contribution in [3.05, 3.63) is 24.3 Å². The van der Waals surface area contributed by atoms with Gasteiger partial charge in [-0.25, -0.2) is 0 Å². The van der Waals surface area contributed by atoms with E-state index in [4.69, 9.17) is 8.83 Å². The van der Waals surface area contributed by atoms with Crippen LogP contribution in [-0.2, 0) is 11.3 Å². The van der Waals surface area contributed by atoms with E-state index in [1.165, 1.54) is 0 Å². The standard InChI is InChI=1S/C17H25N5O3/c1-3-22(4-2)16(23)13-21-9-7-20(8-10-21)12-15-18-19-17(25-15)14-6-5-11-24-14/h5-6,11H,3-4,7-10,12-13H2,1-2H3. The number of rotatable bonds is 7. The molecular formula is C17H25N5O3. The molecule has 0 aromatic carbocycles. The number of furan rings is 1. The monoisotopic (exact) mass is 347 g/mol. The first-order valence-electron chi connectivity index (χ1n) is 8.78. The number of carbonyl (C=O) groups excluding carboxylic acids is 1. The fourth-order valence-corrected chi connectivity index (χ4v) is 2.98. The molecule has 3 rings (SSSR count). The van der Waals surface area contributed by atoms with Crippen molar-refractivity contribution in [1.29, 1.82) is 0 Å². The fraction of sp³-hybridized carbons (Fsp3) is 0.588. The molecule has 1 aliphatic rings. The molecule has 136 valence electrons. The number of carbonyl (C=O) groups is 1. The number of likely N-dealkylation sites (N-methyl/N-ethyl adjacent to an activating group) is 1. The third-order valence-electron chi connectivity index (χ3n) is 4.50. The highest BCUT2D eigenvalue weighted by atomic mass is 16.4. The van der Waals surface area contributed by atoms with Crippen LogP contribution in [0.15, 0.2) is 27.2 Å². The fourth-order valence-electron chi connectivity index (χ4n) is 2.98. The minimum Gasteiger partial charge on any atom is -0.459 e. The van der Waals surface area contributed by atoms with E-state index in [1.807, 2.05) is 18.7 Å². The van der Waals surface area contributed by atoms with Crippen molar-refractivity contribution >= 4 is 5.91 Å². The Morgan fingerprint density at radius 1 is 1.16 bits per heavy atom. The Kier molecular flexibility index (Phi) is 5.83. The zero-order valence-electron chi connectivity index (χ0n) is 14.8. The van der Waals surface area contributed by atoms with Gasteiger partial charge in [0.15, 0.2) is 5.76 Å². The first kappa shape index (κ1) is 17.6. The molecular weight excluding hydrogens is 322 g/mol. The molecule has 8 heteroatoms. The van der Waals surface area contributed by atoms with Gasteiger partial charge in [0.25, 0.3) is 5.89 Å². The Morgan fingerprint density at radius 3 is 2.52 bits per heavy atom. The summed E-state index contributed by atoms with van der Waals surface area (Å²) in [7, 11) is 0. The molecule has 0 spiro atoms. The van der Waals surface area contributed by atoms with E-state index in [9.17, 15) is 4.79 Å². The highest BCUT2D eigenvalue weighted by Crippen LogP contribution is 2.18. The minimum atomic E-state index is 0.207. The lowest BCUT2D eigenvalue weighted by Crippen LogP contribution is -2.49. The molecule has 0 atom stereocenters. The van der Waals surface area contributed by atoms with Crippen molar-refractivity contribution in [3.8, 4) is 11.7 Å². The van der Waals surface area contributed by atoms with Crippen LogP contribution in [0.3, 0.4) is 0 Å². The second-order valence-electron chi connectivity index (χ2n) is 6.10. The molecule has 0 N–H and O–H groups in total. The summed E-state index contributed by atoms with van der Waals surface area (Å²) in [5.74, 6) is 1.78. The lowest BCUT2D eigenvalue weighted by atomic mass is 10.3. The quantitative estimate of drug-likeness (QED) is 0.747. The molecule has 1 saturated heterocycles. The van der Waals surface area contributed by atoms with Crippen molar-refractivity contribution in [2.24, 2.45) is 0 Å². The van der Waals surface area contributed by atoms with Gasteiger partial charge in [-0.15, -0.1) is 10.2 Å². The summed E-state index contributed by atoms with van der Waals surface area (Å²) in [5.41, 5.74) is 0. The van der Waals surface area contributed by atoms with Crippen LogP contribution in [0, 0.1) is 0 Å². The van der Waals surface area contributed by atoms with Gasteiger partial charge in [0.1, 0.15) is 0 Å². The Morgan fingerprint density at radius 2 is 1.88 bits per heavy atom. The Bertz CT molecular complexity index is 658. The number of piperazine rings is 1. The molecule has 0 saturated carbocycles. The predicted molar refractivity (Wildman–Crippen MR) is 91.6 cm³/mol. The van der Waals surface area contributed by atoms with Crippen molar-refractivity contribution in [3.63, 3.8) is 0 Å². The van der Waals surface area contributed by atoms with Gasteiger partial charge >= 0.3 is 0 Å². The normalized spacial score (nSPS) is 16.2. The van der Waals surface area contributed by atoms with E-state index in [0.717, 1.165) is 39.3 Å². The molecule has 3 heterocycles. The van der Waals surface area contributed by atoms with Gasteiger partial charge in [0.2, 0.25) is 11.8 Å². The molecule has 0 unspecified atom stereocenters. The van der Waals surface area contributed by atoms with Crippen LogP contribution < -0.4 is 0 Å². The van der Waals surface area contributed by atoms with Crippen molar-refractivity contribution in [2.75, 3.05) is 45.8 Å². The van der Waals surface area contributed by atoms with Crippen LogP contribution in [0.25, 0.3) is 11.7 Å². The number of aromatic nitrogens is 2. The maximum Gasteiger partial charge on any atom is 0.283 e. The predicted octanol–water partition coefficient (Wildman–Crippen LogP) is 1.32. The Labute approximate surface area is 147 Å². The Balaban J connectivity index is 1.46. The van der Waals surface area contributed by atoms with Gasteiger partial charge in [-0.1, -0.05) is 0 Å². The molecule has 0 bridgehead atoms. The van der Waals surface area contributed by atoms with Crippen LogP contribution in [0.5, 0.6) is 0 Å². The highest BCUT2D eigenvalue weighted by molar-refractivity contribution is 5.78. The largest absolute Gasteiger partial charge is 0.459 e. The number of nitrogens with zero attached hydrogens (tertiary/aromatic N) is 5. The summed E-state index contributed by atoms with van der Waals surface area (Å²) in [6.45, 7) is 10.2. The second kappa shape index (κ2) is 8.26. The average Bonchev–Trinajstić information content (AvgIpc) is 3.29. The van der Waals surface area contributed by atoms with Crippen LogP contribution in [-0.4, -0.2) is 76.6 Å². The zero-order valence-corrected chi connectivity index (χ0v) is 14.8. The van der Waals surface area contributed by atoms with E-state index < -0.39 is 0 Å². The zero-order chi connectivity index (χ0) is 17.6. The number of hydrogen-bond acceptors (Lipinski definition) is 7. The second-order valence-corrected chi connectivity index (χ2v) is 6.10.